The van der Waals surface area contributed by atoms with Gasteiger partial charge in [0.05, 0.1) is 5.92 Å². The SMILES string of the molecule is CCCN1CC(C(=O)NCCCCCOC)C1. The summed E-state index contributed by atoms with van der Waals surface area (Å²) in [4.78, 5) is 14.0. The van der Waals surface area contributed by atoms with Crippen LogP contribution in [0.4, 0.5) is 0 Å². The molecule has 0 atom stereocenters. The molecule has 0 radical (unpaired) electrons. The lowest BCUT2D eigenvalue weighted by molar-refractivity contribution is -0.130. The monoisotopic (exact) mass is 242 g/mol. The lowest BCUT2D eigenvalue weighted by Gasteiger charge is -2.38. The third-order valence-corrected chi connectivity index (χ3v) is 3.19. The number of ether oxygens (including phenoxy) is 1. The van der Waals surface area contributed by atoms with Gasteiger partial charge in [-0.05, 0) is 32.2 Å². The van der Waals surface area contributed by atoms with E-state index in [0.29, 0.717) is 0 Å². The number of likely N-dealkylation sites (tertiary alicyclic amines) is 1. The van der Waals surface area contributed by atoms with Gasteiger partial charge in [-0.25, -0.2) is 0 Å². The number of carbonyl (C=O) groups is 1. The number of hydrogen-bond donors (Lipinski definition) is 1. The van der Waals surface area contributed by atoms with Crippen LogP contribution < -0.4 is 5.32 Å². The Bertz CT molecular complexity index is 215. The maximum atomic E-state index is 11.7. The maximum Gasteiger partial charge on any atom is 0.225 e. The molecule has 1 rings (SSSR count). The van der Waals surface area contributed by atoms with E-state index < -0.39 is 0 Å². The molecule has 0 aromatic heterocycles. The van der Waals surface area contributed by atoms with Gasteiger partial charge in [-0.3, -0.25) is 4.79 Å². The van der Waals surface area contributed by atoms with E-state index in [-0.39, 0.29) is 11.8 Å². The van der Waals surface area contributed by atoms with Crippen molar-refractivity contribution in [1.29, 1.82) is 0 Å². The van der Waals surface area contributed by atoms with Crippen molar-refractivity contribution in [1.82, 2.24) is 10.2 Å². The number of methoxy groups -OCH3 is 1. The lowest BCUT2D eigenvalue weighted by atomic mass is 9.99. The Hall–Kier alpha value is -0.610. The Morgan fingerprint density at radius 1 is 1.35 bits per heavy atom. The summed E-state index contributed by atoms with van der Waals surface area (Å²) in [5.41, 5.74) is 0. The Kier molecular flexibility index (Phi) is 7.21. The zero-order valence-electron chi connectivity index (χ0n) is 11.2. The van der Waals surface area contributed by atoms with Gasteiger partial charge in [0, 0.05) is 33.4 Å². The van der Waals surface area contributed by atoms with Crippen molar-refractivity contribution in [2.24, 2.45) is 5.92 Å². The summed E-state index contributed by atoms with van der Waals surface area (Å²) in [5.74, 6) is 0.476. The van der Waals surface area contributed by atoms with Crippen molar-refractivity contribution < 1.29 is 9.53 Å². The Morgan fingerprint density at radius 2 is 2.12 bits per heavy atom. The van der Waals surface area contributed by atoms with Crippen LogP contribution in [0, 0.1) is 5.92 Å². The Labute approximate surface area is 105 Å². The number of rotatable bonds is 9. The van der Waals surface area contributed by atoms with Crippen LogP contribution in [0.1, 0.15) is 32.6 Å². The molecule has 1 heterocycles. The van der Waals surface area contributed by atoms with Crippen LogP contribution in [0.15, 0.2) is 0 Å². The van der Waals surface area contributed by atoms with Crippen molar-refractivity contribution in [2.45, 2.75) is 32.6 Å². The van der Waals surface area contributed by atoms with Crippen molar-refractivity contribution in [3.63, 3.8) is 0 Å². The predicted octanol–water partition coefficient (Wildman–Crippen LogP) is 1.26. The molecule has 1 aliphatic rings. The third-order valence-electron chi connectivity index (χ3n) is 3.19. The van der Waals surface area contributed by atoms with E-state index in [2.05, 4.69) is 17.1 Å². The second-order valence-electron chi connectivity index (χ2n) is 4.80. The first-order valence-electron chi connectivity index (χ1n) is 6.77. The molecule has 0 saturated carbocycles. The highest BCUT2D eigenvalue weighted by atomic mass is 16.5. The molecule has 4 nitrogen and oxygen atoms in total. The first-order chi connectivity index (χ1) is 8.27. The van der Waals surface area contributed by atoms with E-state index in [4.69, 9.17) is 4.74 Å². The average Bonchev–Trinajstić information content (AvgIpc) is 2.27. The molecule has 0 aromatic carbocycles. The minimum absolute atomic E-state index is 0.237. The van der Waals surface area contributed by atoms with E-state index in [1.807, 2.05) is 0 Å². The van der Waals surface area contributed by atoms with E-state index in [1.54, 1.807) is 7.11 Å². The van der Waals surface area contributed by atoms with E-state index in [1.165, 1.54) is 6.42 Å². The van der Waals surface area contributed by atoms with Crippen LogP contribution in [0.5, 0.6) is 0 Å². The van der Waals surface area contributed by atoms with Crippen LogP contribution in [0.25, 0.3) is 0 Å². The zero-order valence-corrected chi connectivity index (χ0v) is 11.2. The largest absolute Gasteiger partial charge is 0.385 e. The summed E-state index contributed by atoms with van der Waals surface area (Å²) in [6.07, 6.45) is 4.44. The highest BCUT2D eigenvalue weighted by molar-refractivity contribution is 5.79. The van der Waals surface area contributed by atoms with Crippen LogP contribution in [-0.2, 0) is 9.53 Å². The van der Waals surface area contributed by atoms with Crippen molar-refractivity contribution in [3.8, 4) is 0 Å². The molecule has 1 fully saturated rings. The summed E-state index contributed by atoms with van der Waals surface area (Å²) in [6.45, 7) is 6.83. The van der Waals surface area contributed by atoms with Crippen LogP contribution in [0.3, 0.4) is 0 Å². The molecule has 100 valence electrons. The minimum Gasteiger partial charge on any atom is -0.385 e. The number of nitrogens with one attached hydrogen (secondary N) is 1. The van der Waals surface area contributed by atoms with Crippen LogP contribution in [-0.4, -0.2) is 50.7 Å². The highest BCUT2D eigenvalue weighted by Gasteiger charge is 2.31. The fourth-order valence-electron chi connectivity index (χ4n) is 2.14. The van der Waals surface area contributed by atoms with Crippen molar-refractivity contribution in [2.75, 3.05) is 39.9 Å². The Balaban J connectivity index is 1.92. The number of unbranched alkanes of at least 4 members (excludes halogenated alkanes) is 2. The molecule has 0 aromatic rings. The second kappa shape index (κ2) is 8.48. The van der Waals surface area contributed by atoms with Gasteiger partial charge in [0.15, 0.2) is 0 Å². The molecule has 1 saturated heterocycles. The summed E-state index contributed by atoms with van der Waals surface area (Å²) in [7, 11) is 1.72. The topological polar surface area (TPSA) is 41.6 Å². The molecular formula is C13H26N2O2. The molecule has 1 aliphatic heterocycles. The Morgan fingerprint density at radius 3 is 2.76 bits per heavy atom. The van der Waals surface area contributed by atoms with Crippen LogP contribution in [0.2, 0.25) is 0 Å². The number of hydrogen-bond acceptors (Lipinski definition) is 3. The third kappa shape index (κ3) is 5.50. The van der Waals surface area contributed by atoms with Crippen LogP contribution >= 0.6 is 0 Å². The normalized spacial score (nSPS) is 16.8. The molecule has 17 heavy (non-hydrogen) atoms. The molecular weight excluding hydrogens is 216 g/mol. The van der Waals surface area contributed by atoms with Gasteiger partial charge in [0.1, 0.15) is 0 Å². The average molecular weight is 242 g/mol. The van der Waals surface area contributed by atoms with Gasteiger partial charge >= 0.3 is 0 Å². The smallest absolute Gasteiger partial charge is 0.225 e. The van der Waals surface area contributed by atoms with E-state index >= 15 is 0 Å². The molecule has 0 aliphatic carbocycles. The first kappa shape index (κ1) is 14.5. The standard InChI is InChI=1S/C13H26N2O2/c1-3-8-15-10-12(11-15)13(16)14-7-5-4-6-9-17-2/h12H,3-11H2,1-2H3,(H,14,16). The maximum absolute atomic E-state index is 11.7. The fraction of sp³-hybridized carbons (Fsp3) is 0.923. The van der Waals surface area contributed by atoms with Crippen molar-refractivity contribution in [3.05, 3.63) is 0 Å². The quantitative estimate of drug-likeness (QED) is 0.619. The van der Waals surface area contributed by atoms with Gasteiger partial charge in [-0.15, -0.1) is 0 Å². The number of nitrogens with zero attached hydrogens (tertiary/aromatic N) is 1. The molecule has 0 spiro atoms. The summed E-state index contributed by atoms with van der Waals surface area (Å²) in [5, 5.41) is 3.02. The first-order valence-corrected chi connectivity index (χ1v) is 6.77. The van der Waals surface area contributed by atoms with Gasteiger partial charge in [-0.1, -0.05) is 6.92 Å². The molecule has 1 amide bonds. The molecule has 0 unspecified atom stereocenters. The summed E-state index contributed by atoms with van der Waals surface area (Å²) < 4.78 is 4.98. The van der Waals surface area contributed by atoms with Crippen molar-refractivity contribution >= 4 is 5.91 Å². The van der Waals surface area contributed by atoms with E-state index in [0.717, 1.165) is 52.0 Å². The second-order valence-corrected chi connectivity index (χ2v) is 4.80. The number of amides is 1. The minimum atomic E-state index is 0.237. The van der Waals surface area contributed by atoms with E-state index in [9.17, 15) is 4.79 Å². The van der Waals surface area contributed by atoms with Gasteiger partial charge in [-0.2, -0.15) is 0 Å². The van der Waals surface area contributed by atoms with Gasteiger partial charge in [0.2, 0.25) is 5.91 Å². The zero-order chi connectivity index (χ0) is 12.5. The molecule has 1 N–H and O–H groups in total. The lowest BCUT2D eigenvalue weighted by Crippen LogP contribution is -2.53. The highest BCUT2D eigenvalue weighted by Crippen LogP contribution is 2.15. The molecule has 0 bridgehead atoms. The van der Waals surface area contributed by atoms with Gasteiger partial charge < -0.3 is 15.0 Å². The number of carbonyl (C=O) groups excluding carboxylic acids is 1. The fourth-order valence-corrected chi connectivity index (χ4v) is 2.14. The summed E-state index contributed by atoms with van der Waals surface area (Å²) >= 11 is 0. The molecule has 4 heteroatoms. The van der Waals surface area contributed by atoms with Gasteiger partial charge in [0.25, 0.3) is 0 Å². The predicted molar refractivity (Wildman–Crippen MR) is 69.0 cm³/mol. The summed E-state index contributed by atoms with van der Waals surface area (Å²) in [6, 6.07) is 0.